The van der Waals surface area contributed by atoms with Crippen LogP contribution in [-0.2, 0) is 0 Å². The largest absolute Gasteiger partial charge is 0.393 e. The summed E-state index contributed by atoms with van der Waals surface area (Å²) in [4.78, 5) is 0. The first-order valence-electron chi connectivity index (χ1n) is 9.19. The smallest absolute Gasteiger partial charge is 0.148 e. The Hall–Kier alpha value is -0.450. The number of aliphatic hydroxyl groups excluding tert-OH is 3. The van der Waals surface area contributed by atoms with Crippen LogP contribution in [-0.4, -0.2) is 39.8 Å². The average molecular weight is 324 g/mol. The summed E-state index contributed by atoms with van der Waals surface area (Å²) >= 11 is 0. The van der Waals surface area contributed by atoms with Crippen LogP contribution in [0.5, 0.6) is 0 Å². The van der Waals surface area contributed by atoms with Crippen LogP contribution in [0.15, 0.2) is 11.6 Å². The van der Waals surface area contributed by atoms with Crippen molar-refractivity contribution in [3.05, 3.63) is 11.6 Å². The lowest BCUT2D eigenvalue weighted by Gasteiger charge is -2.59. The molecule has 23 heavy (non-hydrogen) atoms. The average Bonchev–Trinajstić information content (AvgIpc) is 2.81. The van der Waals surface area contributed by atoms with Crippen molar-refractivity contribution in [1.82, 2.24) is 0 Å². The van der Waals surface area contributed by atoms with Crippen molar-refractivity contribution in [2.45, 2.75) is 76.9 Å². The van der Waals surface area contributed by atoms with Crippen molar-refractivity contribution in [3.8, 4) is 0 Å². The van der Waals surface area contributed by atoms with Crippen molar-refractivity contribution in [3.63, 3.8) is 0 Å². The first kappa shape index (κ1) is 16.0. The minimum atomic E-state index is -1.34. The van der Waals surface area contributed by atoms with E-state index in [9.17, 15) is 19.7 Å². The van der Waals surface area contributed by atoms with Crippen LogP contribution < -0.4 is 0 Å². The topological polar surface area (TPSA) is 60.7 Å². The Labute approximate surface area is 137 Å². The normalized spacial score (nSPS) is 58.9. The number of rotatable bonds is 0. The summed E-state index contributed by atoms with van der Waals surface area (Å²) in [7, 11) is 0. The van der Waals surface area contributed by atoms with Gasteiger partial charge in [-0.25, -0.2) is 4.39 Å². The maximum Gasteiger partial charge on any atom is 0.148 e. The van der Waals surface area contributed by atoms with Gasteiger partial charge >= 0.3 is 0 Å². The van der Waals surface area contributed by atoms with E-state index in [-0.39, 0.29) is 23.9 Å². The number of aliphatic hydroxyl groups is 3. The van der Waals surface area contributed by atoms with E-state index >= 15 is 0 Å². The molecule has 0 saturated heterocycles. The Kier molecular flexibility index (Phi) is 3.51. The maximum absolute atomic E-state index is 14.6. The van der Waals surface area contributed by atoms with E-state index < -0.39 is 23.8 Å². The lowest BCUT2D eigenvalue weighted by molar-refractivity contribution is -0.125. The first-order valence-corrected chi connectivity index (χ1v) is 9.19. The van der Waals surface area contributed by atoms with Crippen molar-refractivity contribution >= 4 is 0 Å². The van der Waals surface area contributed by atoms with E-state index in [2.05, 4.69) is 6.92 Å². The molecule has 0 heterocycles. The molecule has 0 aromatic rings. The van der Waals surface area contributed by atoms with Crippen LogP contribution in [0.3, 0.4) is 0 Å². The highest BCUT2D eigenvalue weighted by Gasteiger charge is 2.62. The Morgan fingerprint density at radius 1 is 1.04 bits per heavy atom. The monoisotopic (exact) mass is 324 g/mol. The Morgan fingerprint density at radius 2 is 1.78 bits per heavy atom. The molecule has 0 radical (unpaired) electrons. The fourth-order valence-electron chi connectivity index (χ4n) is 6.68. The van der Waals surface area contributed by atoms with Crippen LogP contribution >= 0.6 is 0 Å². The Bertz CT molecular complexity index is 535. The van der Waals surface area contributed by atoms with Crippen molar-refractivity contribution < 1.29 is 19.7 Å². The summed E-state index contributed by atoms with van der Waals surface area (Å²) in [5, 5.41) is 31.1. The highest BCUT2D eigenvalue weighted by Crippen LogP contribution is 2.64. The number of hydrogen-bond acceptors (Lipinski definition) is 3. The van der Waals surface area contributed by atoms with Gasteiger partial charge in [0.25, 0.3) is 0 Å². The molecule has 0 spiro atoms. The van der Waals surface area contributed by atoms with Gasteiger partial charge in [0.1, 0.15) is 6.17 Å². The molecule has 9 atom stereocenters. The van der Waals surface area contributed by atoms with Crippen LogP contribution in [0.25, 0.3) is 0 Å². The van der Waals surface area contributed by atoms with Gasteiger partial charge in [0, 0.05) is 11.8 Å². The molecule has 3 saturated carbocycles. The zero-order chi connectivity index (χ0) is 16.6. The molecule has 4 aliphatic carbocycles. The molecule has 4 heteroatoms. The quantitative estimate of drug-likeness (QED) is 0.600. The third-order valence-corrected chi connectivity index (χ3v) is 8.18. The molecule has 0 amide bonds. The predicted octanol–water partition coefficient (Wildman–Crippen LogP) is 2.59. The SMILES string of the molecule is C[C@]12CC[C@@H]3[C@@H](CC=C4C(F)C(O)CC(O)[C@@]43C)[C@@H]1CCC2O. The number of allylic oxidation sites excluding steroid dienone is 1. The van der Waals surface area contributed by atoms with E-state index in [4.69, 9.17) is 0 Å². The molecule has 0 bridgehead atoms. The van der Waals surface area contributed by atoms with Gasteiger partial charge in [-0.1, -0.05) is 19.9 Å². The molecular formula is C19H29FO3. The zero-order valence-electron chi connectivity index (χ0n) is 14.1. The maximum atomic E-state index is 14.6. The summed E-state index contributed by atoms with van der Waals surface area (Å²) < 4.78 is 14.6. The van der Waals surface area contributed by atoms with E-state index in [0.29, 0.717) is 17.4 Å². The summed E-state index contributed by atoms with van der Waals surface area (Å²) in [6, 6.07) is 0. The van der Waals surface area contributed by atoms with Gasteiger partial charge in [-0.2, -0.15) is 0 Å². The van der Waals surface area contributed by atoms with Gasteiger partial charge in [-0.3, -0.25) is 0 Å². The molecule has 0 aliphatic heterocycles. The van der Waals surface area contributed by atoms with Gasteiger partial charge in [-0.05, 0) is 60.8 Å². The van der Waals surface area contributed by atoms with Crippen molar-refractivity contribution in [2.24, 2.45) is 28.6 Å². The van der Waals surface area contributed by atoms with Gasteiger partial charge in [-0.15, -0.1) is 0 Å². The first-order chi connectivity index (χ1) is 10.8. The molecule has 4 unspecified atom stereocenters. The predicted molar refractivity (Wildman–Crippen MR) is 85.4 cm³/mol. The summed E-state index contributed by atoms with van der Waals surface area (Å²) in [6.07, 6.45) is 3.38. The van der Waals surface area contributed by atoms with Crippen LogP contribution in [0, 0.1) is 28.6 Å². The standard InChI is InChI=1S/C19H29FO3/c1-18-8-7-12-10(11(18)5-6-15(18)22)3-4-13-17(20)14(21)9-16(23)19(12,13)2/h4,10-12,14-17,21-23H,3,5-9H2,1-2H3/t10-,11-,12+,14?,15?,16?,17?,18-,19+/m0/s1. The second kappa shape index (κ2) is 5.03. The Morgan fingerprint density at radius 3 is 2.52 bits per heavy atom. The molecule has 0 aromatic carbocycles. The second-order valence-corrected chi connectivity index (χ2v) is 8.91. The minimum absolute atomic E-state index is 0.0167. The highest BCUT2D eigenvalue weighted by atomic mass is 19.1. The van der Waals surface area contributed by atoms with E-state index in [1.165, 1.54) is 0 Å². The summed E-state index contributed by atoms with van der Waals surface area (Å²) in [6.45, 7) is 4.22. The molecule has 3 nitrogen and oxygen atoms in total. The summed E-state index contributed by atoms with van der Waals surface area (Å²) in [5.74, 6) is 1.13. The number of fused-ring (bicyclic) bond motifs is 5. The second-order valence-electron chi connectivity index (χ2n) is 8.91. The molecule has 4 rings (SSSR count). The number of alkyl halides is 1. The lowest BCUT2D eigenvalue weighted by atomic mass is 9.47. The van der Waals surface area contributed by atoms with E-state index in [0.717, 1.165) is 32.1 Å². The molecule has 0 aromatic heterocycles. The Balaban J connectivity index is 1.73. The zero-order valence-corrected chi connectivity index (χ0v) is 14.1. The van der Waals surface area contributed by atoms with E-state index in [1.807, 2.05) is 13.0 Å². The lowest BCUT2D eigenvalue weighted by Crippen LogP contribution is -2.58. The van der Waals surface area contributed by atoms with Gasteiger partial charge < -0.3 is 15.3 Å². The number of hydrogen-bond donors (Lipinski definition) is 3. The van der Waals surface area contributed by atoms with Gasteiger partial charge in [0.15, 0.2) is 0 Å². The minimum Gasteiger partial charge on any atom is -0.393 e. The molecule has 3 N–H and O–H groups in total. The molecular weight excluding hydrogens is 295 g/mol. The third-order valence-electron chi connectivity index (χ3n) is 8.18. The third kappa shape index (κ3) is 1.92. The van der Waals surface area contributed by atoms with Crippen LogP contribution in [0.2, 0.25) is 0 Å². The molecule has 4 aliphatic rings. The van der Waals surface area contributed by atoms with Crippen molar-refractivity contribution in [2.75, 3.05) is 0 Å². The van der Waals surface area contributed by atoms with Gasteiger partial charge in [0.05, 0.1) is 18.3 Å². The fourth-order valence-corrected chi connectivity index (χ4v) is 6.68. The number of halogens is 1. The summed E-state index contributed by atoms with van der Waals surface area (Å²) in [5.41, 5.74) is 0.0558. The highest BCUT2D eigenvalue weighted by molar-refractivity contribution is 5.31. The van der Waals surface area contributed by atoms with Crippen LogP contribution in [0.4, 0.5) is 4.39 Å². The molecule has 130 valence electrons. The van der Waals surface area contributed by atoms with Crippen LogP contribution in [0.1, 0.15) is 52.4 Å². The van der Waals surface area contributed by atoms with E-state index in [1.54, 1.807) is 0 Å². The van der Waals surface area contributed by atoms with Gasteiger partial charge in [0.2, 0.25) is 0 Å². The van der Waals surface area contributed by atoms with Crippen molar-refractivity contribution in [1.29, 1.82) is 0 Å². The molecule has 3 fully saturated rings. The fraction of sp³-hybridized carbons (Fsp3) is 0.895.